The highest BCUT2D eigenvalue weighted by atomic mass is 16.3. The molecule has 0 saturated heterocycles. The molecule has 0 aromatic heterocycles. The summed E-state index contributed by atoms with van der Waals surface area (Å²) in [4.78, 5) is 0. The van der Waals surface area contributed by atoms with E-state index in [-0.39, 0.29) is 11.7 Å². The minimum Gasteiger partial charge on any atom is -0.508 e. The zero-order chi connectivity index (χ0) is 12.9. The summed E-state index contributed by atoms with van der Waals surface area (Å²) in [6.07, 6.45) is -0.575. The summed E-state index contributed by atoms with van der Waals surface area (Å²) in [5.41, 5.74) is 4.89. The number of aromatic hydroxyl groups is 1. The van der Waals surface area contributed by atoms with Crippen LogP contribution in [-0.4, -0.2) is 10.2 Å². The maximum Gasteiger partial charge on any atom is 0.116 e. The Labute approximate surface area is 107 Å². The lowest BCUT2D eigenvalue weighted by Gasteiger charge is -2.15. The number of benzene rings is 2. The van der Waals surface area contributed by atoms with Crippen molar-refractivity contribution in [2.45, 2.75) is 25.9 Å². The number of hydrogen-bond acceptors (Lipinski definition) is 2. The van der Waals surface area contributed by atoms with Gasteiger partial charge in [-0.05, 0) is 45.9 Å². The van der Waals surface area contributed by atoms with Crippen LogP contribution in [0.25, 0.3) is 11.1 Å². The van der Waals surface area contributed by atoms with Crippen LogP contribution in [0.3, 0.4) is 0 Å². The van der Waals surface area contributed by atoms with Gasteiger partial charge in [0.1, 0.15) is 11.9 Å². The first-order valence-corrected chi connectivity index (χ1v) is 6.23. The Balaban J connectivity index is 2.34. The van der Waals surface area contributed by atoms with Crippen molar-refractivity contribution >= 4 is 0 Å². The predicted octanol–water partition coefficient (Wildman–Crippen LogP) is 3.58. The van der Waals surface area contributed by atoms with Crippen molar-refractivity contribution < 1.29 is 10.2 Å². The lowest BCUT2D eigenvalue weighted by molar-refractivity contribution is 0.223. The first-order valence-electron chi connectivity index (χ1n) is 6.23. The Hall–Kier alpha value is -1.80. The quantitative estimate of drug-likeness (QED) is 0.799. The zero-order valence-corrected chi connectivity index (χ0v) is 10.5. The van der Waals surface area contributed by atoms with Crippen LogP contribution >= 0.6 is 0 Å². The SMILES string of the molecule is CC(C)c1cc(O)cc2c1C(O)c1ccccc1-2. The van der Waals surface area contributed by atoms with E-state index in [0.29, 0.717) is 0 Å². The number of rotatable bonds is 1. The van der Waals surface area contributed by atoms with E-state index < -0.39 is 6.10 Å². The van der Waals surface area contributed by atoms with Crippen LogP contribution in [0, 0.1) is 0 Å². The zero-order valence-electron chi connectivity index (χ0n) is 10.5. The van der Waals surface area contributed by atoms with Crippen LogP contribution in [0.15, 0.2) is 36.4 Å². The van der Waals surface area contributed by atoms with E-state index in [1.54, 1.807) is 12.1 Å². The molecule has 2 aromatic rings. The number of phenols is 1. The highest BCUT2D eigenvalue weighted by Crippen LogP contribution is 2.47. The van der Waals surface area contributed by atoms with Crippen molar-refractivity contribution in [1.82, 2.24) is 0 Å². The van der Waals surface area contributed by atoms with E-state index in [1.807, 2.05) is 24.3 Å². The third-order valence-corrected chi connectivity index (χ3v) is 3.64. The van der Waals surface area contributed by atoms with Crippen LogP contribution < -0.4 is 0 Å². The fraction of sp³-hybridized carbons (Fsp3) is 0.250. The van der Waals surface area contributed by atoms with Crippen LogP contribution in [0.5, 0.6) is 5.75 Å². The Morgan fingerprint density at radius 3 is 2.50 bits per heavy atom. The summed E-state index contributed by atoms with van der Waals surface area (Å²) in [5.74, 6) is 0.538. The third kappa shape index (κ3) is 1.46. The molecule has 1 atom stereocenters. The Kier molecular flexibility index (Phi) is 2.42. The molecule has 2 aromatic carbocycles. The molecular formula is C16H16O2. The van der Waals surface area contributed by atoms with Crippen molar-refractivity contribution in [2.24, 2.45) is 0 Å². The summed E-state index contributed by atoms with van der Waals surface area (Å²) in [6, 6.07) is 11.3. The molecule has 0 aliphatic heterocycles. The standard InChI is InChI=1S/C16H16O2/c1-9(2)13-7-10(17)8-14-11-5-3-4-6-12(11)16(18)15(13)14/h3-9,16-18H,1-2H3. The molecule has 92 valence electrons. The molecule has 1 aliphatic rings. The van der Waals surface area contributed by atoms with Gasteiger partial charge in [0.15, 0.2) is 0 Å². The van der Waals surface area contributed by atoms with Gasteiger partial charge in [-0.1, -0.05) is 38.1 Å². The molecule has 0 fully saturated rings. The molecule has 0 radical (unpaired) electrons. The molecule has 0 spiro atoms. The Morgan fingerprint density at radius 2 is 1.78 bits per heavy atom. The second kappa shape index (κ2) is 3.85. The molecule has 0 heterocycles. The highest BCUT2D eigenvalue weighted by Gasteiger charge is 2.30. The first kappa shape index (κ1) is 11.3. The van der Waals surface area contributed by atoms with Gasteiger partial charge >= 0.3 is 0 Å². The number of aliphatic hydroxyl groups is 1. The Morgan fingerprint density at radius 1 is 1.06 bits per heavy atom. The molecule has 1 unspecified atom stereocenters. The minimum atomic E-state index is -0.575. The van der Waals surface area contributed by atoms with E-state index in [0.717, 1.165) is 27.8 Å². The molecule has 0 saturated carbocycles. The van der Waals surface area contributed by atoms with Crippen LogP contribution in [0.4, 0.5) is 0 Å². The van der Waals surface area contributed by atoms with Gasteiger partial charge in [-0.25, -0.2) is 0 Å². The fourth-order valence-electron chi connectivity index (χ4n) is 2.80. The lowest BCUT2D eigenvalue weighted by atomic mass is 9.92. The normalized spacial score (nSPS) is 16.8. The second-order valence-electron chi connectivity index (χ2n) is 5.14. The van der Waals surface area contributed by atoms with Crippen LogP contribution in [0.1, 0.15) is 42.6 Å². The first-order chi connectivity index (χ1) is 8.59. The number of fused-ring (bicyclic) bond motifs is 3. The van der Waals surface area contributed by atoms with Gasteiger partial charge in [0.25, 0.3) is 0 Å². The van der Waals surface area contributed by atoms with Gasteiger partial charge in [0, 0.05) is 0 Å². The lowest BCUT2D eigenvalue weighted by Crippen LogP contribution is -2.01. The van der Waals surface area contributed by atoms with E-state index in [9.17, 15) is 10.2 Å². The Bertz CT molecular complexity index is 614. The van der Waals surface area contributed by atoms with Gasteiger partial charge in [-0.2, -0.15) is 0 Å². The largest absolute Gasteiger partial charge is 0.508 e. The van der Waals surface area contributed by atoms with Crippen molar-refractivity contribution in [2.75, 3.05) is 0 Å². The third-order valence-electron chi connectivity index (χ3n) is 3.64. The van der Waals surface area contributed by atoms with E-state index in [2.05, 4.69) is 13.8 Å². The molecule has 2 nitrogen and oxygen atoms in total. The van der Waals surface area contributed by atoms with Gasteiger partial charge in [0.05, 0.1) is 0 Å². The molecule has 1 aliphatic carbocycles. The molecular weight excluding hydrogens is 224 g/mol. The average Bonchev–Trinajstić information content (AvgIpc) is 2.63. The van der Waals surface area contributed by atoms with Crippen LogP contribution in [0.2, 0.25) is 0 Å². The molecule has 0 bridgehead atoms. The van der Waals surface area contributed by atoms with Gasteiger partial charge in [0.2, 0.25) is 0 Å². The van der Waals surface area contributed by atoms with Gasteiger partial charge in [-0.15, -0.1) is 0 Å². The van der Waals surface area contributed by atoms with Gasteiger partial charge < -0.3 is 10.2 Å². The summed E-state index contributed by atoms with van der Waals surface area (Å²) < 4.78 is 0. The maximum absolute atomic E-state index is 10.5. The topological polar surface area (TPSA) is 40.5 Å². The number of hydrogen-bond donors (Lipinski definition) is 2. The molecule has 0 amide bonds. The number of phenolic OH excluding ortho intramolecular Hbond substituents is 1. The smallest absolute Gasteiger partial charge is 0.116 e. The van der Waals surface area contributed by atoms with Crippen molar-refractivity contribution in [3.63, 3.8) is 0 Å². The molecule has 18 heavy (non-hydrogen) atoms. The van der Waals surface area contributed by atoms with E-state index in [1.165, 1.54) is 0 Å². The maximum atomic E-state index is 10.5. The second-order valence-corrected chi connectivity index (χ2v) is 5.14. The summed E-state index contributed by atoms with van der Waals surface area (Å²) >= 11 is 0. The van der Waals surface area contributed by atoms with E-state index in [4.69, 9.17) is 0 Å². The van der Waals surface area contributed by atoms with Crippen molar-refractivity contribution in [1.29, 1.82) is 0 Å². The molecule has 2 N–H and O–H groups in total. The van der Waals surface area contributed by atoms with E-state index >= 15 is 0 Å². The summed E-state index contributed by atoms with van der Waals surface area (Å²) in [5, 5.41) is 20.3. The highest BCUT2D eigenvalue weighted by molar-refractivity contribution is 5.80. The average molecular weight is 240 g/mol. The number of aliphatic hydroxyl groups excluding tert-OH is 1. The minimum absolute atomic E-state index is 0.265. The molecule has 2 heteroatoms. The summed E-state index contributed by atoms with van der Waals surface area (Å²) in [7, 11) is 0. The predicted molar refractivity (Wildman–Crippen MR) is 71.7 cm³/mol. The monoisotopic (exact) mass is 240 g/mol. The fourth-order valence-corrected chi connectivity index (χ4v) is 2.80. The van der Waals surface area contributed by atoms with Crippen molar-refractivity contribution in [3.05, 3.63) is 53.1 Å². The molecule has 3 rings (SSSR count). The summed E-state index contributed by atoms with van der Waals surface area (Å²) in [6.45, 7) is 4.15. The van der Waals surface area contributed by atoms with Crippen LogP contribution in [-0.2, 0) is 0 Å². The van der Waals surface area contributed by atoms with Gasteiger partial charge in [-0.3, -0.25) is 0 Å². The van der Waals surface area contributed by atoms with Crippen molar-refractivity contribution in [3.8, 4) is 16.9 Å².